The molecule has 6 heteroatoms. The van der Waals surface area contributed by atoms with Crippen LogP contribution in [0.3, 0.4) is 0 Å². The van der Waals surface area contributed by atoms with Crippen molar-refractivity contribution in [3.05, 3.63) is 30.1 Å². The molecular weight excluding hydrogens is 304 g/mol. The maximum Gasteiger partial charge on any atom is 0.243 e. The molecule has 0 bridgehead atoms. The van der Waals surface area contributed by atoms with Crippen LogP contribution < -0.4 is 0 Å². The van der Waals surface area contributed by atoms with Gasteiger partial charge in [-0.3, -0.25) is 14.6 Å². The lowest BCUT2D eigenvalue weighted by atomic mass is 9.88. The van der Waals surface area contributed by atoms with E-state index in [1.165, 1.54) is 0 Å². The van der Waals surface area contributed by atoms with Crippen LogP contribution in [0.1, 0.15) is 24.8 Å². The van der Waals surface area contributed by atoms with Gasteiger partial charge in [-0.25, -0.2) is 0 Å². The summed E-state index contributed by atoms with van der Waals surface area (Å²) in [7, 11) is 0. The number of piperidine rings is 1. The molecule has 6 nitrogen and oxygen atoms in total. The maximum absolute atomic E-state index is 12.8. The first-order valence-corrected chi connectivity index (χ1v) is 8.51. The molecule has 0 spiro atoms. The zero-order valence-corrected chi connectivity index (χ0v) is 13.5. The van der Waals surface area contributed by atoms with Gasteiger partial charge in [-0.15, -0.1) is 0 Å². The van der Waals surface area contributed by atoms with Crippen molar-refractivity contribution in [3.8, 4) is 6.07 Å². The van der Waals surface area contributed by atoms with E-state index in [4.69, 9.17) is 0 Å². The fourth-order valence-corrected chi connectivity index (χ4v) is 3.95. The van der Waals surface area contributed by atoms with Gasteiger partial charge in [-0.2, -0.15) is 5.26 Å². The van der Waals surface area contributed by atoms with Crippen LogP contribution in [-0.4, -0.2) is 46.2 Å². The van der Waals surface area contributed by atoms with Gasteiger partial charge in [0, 0.05) is 38.6 Å². The molecule has 4 rings (SSSR count). The van der Waals surface area contributed by atoms with Gasteiger partial charge in [-0.05, 0) is 36.8 Å². The van der Waals surface area contributed by atoms with Crippen LogP contribution in [0, 0.1) is 28.6 Å². The summed E-state index contributed by atoms with van der Waals surface area (Å²) in [6.45, 7) is 2.39. The lowest BCUT2D eigenvalue weighted by Gasteiger charge is -2.33. The van der Waals surface area contributed by atoms with Crippen molar-refractivity contribution in [2.75, 3.05) is 19.6 Å². The summed E-state index contributed by atoms with van der Waals surface area (Å²) in [5.41, 5.74) is 0.239. The Morgan fingerprint density at radius 1 is 1.42 bits per heavy atom. The van der Waals surface area contributed by atoms with Gasteiger partial charge in [0.25, 0.3) is 0 Å². The smallest absolute Gasteiger partial charge is 0.243 e. The summed E-state index contributed by atoms with van der Waals surface area (Å²) in [5, 5.41) is 9.23. The van der Waals surface area contributed by atoms with Crippen molar-refractivity contribution >= 4 is 11.8 Å². The van der Waals surface area contributed by atoms with Crippen LogP contribution in [0.2, 0.25) is 0 Å². The second kappa shape index (κ2) is 5.59. The first-order valence-electron chi connectivity index (χ1n) is 8.51. The van der Waals surface area contributed by atoms with Gasteiger partial charge in [0.05, 0.1) is 12.0 Å². The molecule has 3 aliphatic rings. The molecule has 1 aromatic heterocycles. The van der Waals surface area contributed by atoms with Crippen LogP contribution in [-0.2, 0) is 16.1 Å². The Bertz CT molecular complexity index is 707. The van der Waals surface area contributed by atoms with Crippen LogP contribution in [0.15, 0.2) is 24.5 Å². The van der Waals surface area contributed by atoms with Crippen LogP contribution in [0.5, 0.6) is 0 Å². The number of nitrogens with zero attached hydrogens (tertiary/aromatic N) is 4. The lowest BCUT2D eigenvalue weighted by Crippen LogP contribution is -2.44. The number of likely N-dealkylation sites (tertiary alicyclic amines) is 2. The number of carbonyl (C=O) groups excluding carboxylic acids is 2. The van der Waals surface area contributed by atoms with E-state index >= 15 is 0 Å². The van der Waals surface area contributed by atoms with E-state index in [2.05, 4.69) is 11.1 Å². The molecule has 0 aromatic carbocycles. The van der Waals surface area contributed by atoms with Crippen molar-refractivity contribution in [2.45, 2.75) is 25.8 Å². The van der Waals surface area contributed by atoms with Gasteiger partial charge in [-0.1, -0.05) is 6.07 Å². The van der Waals surface area contributed by atoms with Gasteiger partial charge in [0.2, 0.25) is 11.8 Å². The minimum Gasteiger partial charge on any atom is -0.340 e. The zero-order chi connectivity index (χ0) is 16.7. The van der Waals surface area contributed by atoms with Gasteiger partial charge < -0.3 is 9.80 Å². The molecule has 3 fully saturated rings. The minimum absolute atomic E-state index is 0.0639. The monoisotopic (exact) mass is 324 g/mol. The molecule has 2 amide bonds. The Morgan fingerprint density at radius 3 is 2.92 bits per heavy atom. The van der Waals surface area contributed by atoms with E-state index in [0.29, 0.717) is 32.5 Å². The third-order valence-corrected chi connectivity index (χ3v) is 5.60. The van der Waals surface area contributed by atoms with Crippen LogP contribution in [0.25, 0.3) is 0 Å². The molecule has 0 radical (unpaired) electrons. The summed E-state index contributed by atoms with van der Waals surface area (Å²) in [5.74, 6) is 0.188. The Kier molecular flexibility index (Phi) is 3.52. The number of hydrogen-bond acceptors (Lipinski definition) is 4. The molecular formula is C18H20N4O2. The Balaban J connectivity index is 1.44. The number of nitriles is 1. The molecule has 0 N–H and O–H groups in total. The normalized spacial score (nSPS) is 27.5. The minimum atomic E-state index is -0.786. The SMILES string of the molecule is N#CC1(C(=O)N2C[C@@H]3CCN(Cc4cccnc4)C(=O)[C@H]3C2)CC1. The zero-order valence-electron chi connectivity index (χ0n) is 13.5. The van der Waals surface area contributed by atoms with E-state index in [1.54, 1.807) is 17.3 Å². The predicted octanol–water partition coefficient (Wildman–Crippen LogP) is 1.19. The lowest BCUT2D eigenvalue weighted by molar-refractivity contribution is -0.140. The highest BCUT2D eigenvalue weighted by atomic mass is 16.2. The molecule has 1 aliphatic carbocycles. The summed E-state index contributed by atoms with van der Waals surface area (Å²) in [6.07, 6.45) is 5.75. The number of carbonyl (C=O) groups is 2. The van der Waals surface area contributed by atoms with Crippen molar-refractivity contribution in [1.29, 1.82) is 5.26 Å². The number of amides is 2. The molecule has 3 heterocycles. The second-order valence-electron chi connectivity index (χ2n) is 7.18. The van der Waals surface area contributed by atoms with Crippen molar-refractivity contribution in [2.24, 2.45) is 17.3 Å². The Morgan fingerprint density at radius 2 is 2.25 bits per heavy atom. The molecule has 2 saturated heterocycles. The predicted molar refractivity (Wildman–Crippen MR) is 85.1 cm³/mol. The fraction of sp³-hybridized carbons (Fsp3) is 0.556. The highest BCUT2D eigenvalue weighted by Crippen LogP contribution is 2.48. The average molecular weight is 324 g/mol. The van der Waals surface area contributed by atoms with Crippen LogP contribution in [0.4, 0.5) is 0 Å². The molecule has 124 valence electrons. The number of pyridine rings is 1. The molecule has 2 atom stereocenters. The molecule has 1 aromatic rings. The fourth-order valence-electron chi connectivity index (χ4n) is 3.95. The second-order valence-corrected chi connectivity index (χ2v) is 7.18. The van der Waals surface area contributed by atoms with Crippen molar-refractivity contribution in [3.63, 3.8) is 0 Å². The topological polar surface area (TPSA) is 77.3 Å². The van der Waals surface area contributed by atoms with Crippen molar-refractivity contribution in [1.82, 2.24) is 14.8 Å². The molecule has 0 unspecified atom stereocenters. The molecule has 2 aliphatic heterocycles. The molecule has 24 heavy (non-hydrogen) atoms. The Labute approximate surface area is 141 Å². The van der Waals surface area contributed by atoms with E-state index in [9.17, 15) is 14.9 Å². The third-order valence-electron chi connectivity index (χ3n) is 5.60. The van der Waals surface area contributed by atoms with E-state index in [1.807, 2.05) is 17.0 Å². The number of aromatic nitrogens is 1. The van der Waals surface area contributed by atoms with Crippen molar-refractivity contribution < 1.29 is 9.59 Å². The third kappa shape index (κ3) is 2.44. The number of rotatable bonds is 3. The highest BCUT2D eigenvalue weighted by Gasteiger charge is 2.55. The summed E-state index contributed by atoms with van der Waals surface area (Å²) in [6, 6.07) is 6.02. The largest absolute Gasteiger partial charge is 0.340 e. The summed E-state index contributed by atoms with van der Waals surface area (Å²) < 4.78 is 0. The van der Waals surface area contributed by atoms with E-state index < -0.39 is 5.41 Å². The first kappa shape index (κ1) is 15.1. The summed E-state index contributed by atoms with van der Waals surface area (Å²) in [4.78, 5) is 33.1. The number of hydrogen-bond donors (Lipinski definition) is 0. The first-order chi connectivity index (χ1) is 11.6. The van der Waals surface area contributed by atoms with Crippen LogP contribution >= 0.6 is 0 Å². The number of fused-ring (bicyclic) bond motifs is 1. The maximum atomic E-state index is 12.8. The van der Waals surface area contributed by atoms with Gasteiger partial charge >= 0.3 is 0 Å². The van der Waals surface area contributed by atoms with E-state index in [-0.39, 0.29) is 23.7 Å². The average Bonchev–Trinajstić information content (AvgIpc) is 3.29. The quantitative estimate of drug-likeness (QED) is 0.837. The standard InChI is InChI=1S/C18H20N4O2/c19-12-18(4-5-18)17(24)22-10-14-3-7-21(16(23)15(14)11-22)9-13-2-1-6-20-8-13/h1-2,6,8,14-15H,3-5,7,9-11H2/t14-,15-/m0/s1. The summed E-state index contributed by atoms with van der Waals surface area (Å²) >= 11 is 0. The Hall–Kier alpha value is -2.42. The van der Waals surface area contributed by atoms with E-state index in [0.717, 1.165) is 18.5 Å². The van der Waals surface area contributed by atoms with Gasteiger partial charge in [0.1, 0.15) is 5.41 Å². The van der Waals surface area contributed by atoms with Gasteiger partial charge in [0.15, 0.2) is 0 Å². The highest BCUT2D eigenvalue weighted by molar-refractivity contribution is 5.90. The molecule has 1 saturated carbocycles.